The van der Waals surface area contributed by atoms with Gasteiger partial charge in [0.1, 0.15) is 4.70 Å². The second kappa shape index (κ2) is 9.74. The maximum atomic E-state index is 13.2. The summed E-state index contributed by atoms with van der Waals surface area (Å²) in [5, 5.41) is 3.39. The molecule has 0 bridgehead atoms. The smallest absolute Gasteiger partial charge is 0.272 e. The third-order valence-electron chi connectivity index (χ3n) is 5.23. The first-order valence-corrected chi connectivity index (χ1v) is 12.4. The number of hydrogen-bond donors (Lipinski definition) is 1. The second-order valence-electron chi connectivity index (χ2n) is 7.54. The molecule has 0 atom stereocenters. The minimum atomic E-state index is -0.155. The number of benzene rings is 2. The van der Waals surface area contributed by atoms with Gasteiger partial charge in [0, 0.05) is 18.0 Å². The summed E-state index contributed by atoms with van der Waals surface area (Å²) in [6, 6.07) is 17.4. The molecule has 1 amide bonds. The fourth-order valence-corrected chi connectivity index (χ4v) is 5.46. The fraction of sp³-hybridized carbons (Fsp3) is 0.160. The first-order valence-electron chi connectivity index (χ1n) is 10.6. The minimum Gasteiger partial charge on any atom is -0.454 e. The molecular formula is C25H21N3O4S2. The highest BCUT2D eigenvalue weighted by Gasteiger charge is 2.17. The van der Waals surface area contributed by atoms with E-state index in [9.17, 15) is 9.59 Å². The average molecular weight is 492 g/mol. The number of ether oxygens (including phenoxy) is 2. The van der Waals surface area contributed by atoms with Crippen molar-refractivity contribution in [2.75, 3.05) is 12.5 Å². The summed E-state index contributed by atoms with van der Waals surface area (Å²) in [7, 11) is 0. The Kier molecular flexibility index (Phi) is 6.37. The summed E-state index contributed by atoms with van der Waals surface area (Å²) in [4.78, 5) is 31.4. The summed E-state index contributed by atoms with van der Waals surface area (Å²) in [5.74, 6) is 1.36. The predicted molar refractivity (Wildman–Crippen MR) is 135 cm³/mol. The molecule has 1 aliphatic rings. The number of fused-ring (bicyclic) bond motifs is 2. The Morgan fingerprint density at radius 2 is 2.00 bits per heavy atom. The van der Waals surface area contributed by atoms with E-state index in [1.807, 2.05) is 54.6 Å². The molecule has 1 N–H and O–H groups in total. The molecule has 3 heterocycles. The average Bonchev–Trinajstić information content (AvgIpc) is 3.51. The lowest BCUT2D eigenvalue weighted by atomic mass is 10.2. The Labute approximate surface area is 204 Å². The number of thiophene rings is 1. The standard InChI is InChI=1S/C25H21N3O4S2/c1-2-10-28-24(30)23-18(12-21(34-23)17-6-4-3-5-7-17)27-25(28)33-14-22(29)26-13-16-8-9-19-20(11-16)32-15-31-19/h2-9,11-12H,1,10,13-15H2,(H,26,29). The summed E-state index contributed by atoms with van der Waals surface area (Å²) in [5.41, 5.74) is 2.47. The molecule has 2 aromatic carbocycles. The van der Waals surface area contributed by atoms with Gasteiger partial charge in [-0.25, -0.2) is 4.98 Å². The molecule has 0 fully saturated rings. The molecule has 7 nitrogen and oxygen atoms in total. The fourth-order valence-electron chi connectivity index (χ4n) is 3.57. The molecule has 34 heavy (non-hydrogen) atoms. The molecule has 0 saturated carbocycles. The zero-order chi connectivity index (χ0) is 23.5. The lowest BCUT2D eigenvalue weighted by molar-refractivity contribution is -0.118. The third-order valence-corrected chi connectivity index (χ3v) is 7.37. The Morgan fingerprint density at radius 1 is 1.18 bits per heavy atom. The van der Waals surface area contributed by atoms with Crippen LogP contribution in [0.25, 0.3) is 20.7 Å². The number of thioether (sulfide) groups is 1. The van der Waals surface area contributed by atoms with Crippen LogP contribution in [0.4, 0.5) is 0 Å². The highest BCUT2D eigenvalue weighted by Crippen LogP contribution is 2.33. The minimum absolute atomic E-state index is 0.125. The molecule has 0 aliphatic carbocycles. The van der Waals surface area contributed by atoms with Crippen molar-refractivity contribution in [3.05, 3.63) is 83.2 Å². The van der Waals surface area contributed by atoms with E-state index in [2.05, 4.69) is 11.9 Å². The number of allylic oxidation sites excluding steroid dienone is 1. The van der Waals surface area contributed by atoms with Crippen LogP contribution in [-0.2, 0) is 17.9 Å². The van der Waals surface area contributed by atoms with Gasteiger partial charge in [-0.1, -0.05) is 54.2 Å². The lowest BCUT2D eigenvalue weighted by Gasteiger charge is -2.10. The van der Waals surface area contributed by atoms with E-state index < -0.39 is 0 Å². The predicted octanol–water partition coefficient (Wildman–Crippen LogP) is 4.45. The van der Waals surface area contributed by atoms with Crippen molar-refractivity contribution in [3.8, 4) is 21.9 Å². The summed E-state index contributed by atoms with van der Waals surface area (Å²) >= 11 is 2.66. The van der Waals surface area contributed by atoms with E-state index in [4.69, 9.17) is 14.5 Å². The topological polar surface area (TPSA) is 82.5 Å². The Balaban J connectivity index is 1.32. The van der Waals surface area contributed by atoms with Crippen molar-refractivity contribution in [2.45, 2.75) is 18.2 Å². The van der Waals surface area contributed by atoms with E-state index in [-0.39, 0.29) is 24.0 Å². The van der Waals surface area contributed by atoms with E-state index in [1.54, 1.807) is 10.6 Å². The van der Waals surface area contributed by atoms with Gasteiger partial charge in [-0.2, -0.15) is 0 Å². The van der Waals surface area contributed by atoms with Crippen LogP contribution < -0.4 is 20.3 Å². The molecule has 5 rings (SSSR count). The van der Waals surface area contributed by atoms with Crippen molar-refractivity contribution >= 4 is 39.2 Å². The van der Waals surface area contributed by atoms with E-state index in [0.29, 0.717) is 40.0 Å². The maximum Gasteiger partial charge on any atom is 0.272 e. The normalized spacial score (nSPS) is 12.1. The molecule has 0 radical (unpaired) electrons. The van der Waals surface area contributed by atoms with Crippen LogP contribution >= 0.6 is 23.1 Å². The molecule has 2 aromatic heterocycles. The van der Waals surface area contributed by atoms with Gasteiger partial charge < -0.3 is 14.8 Å². The largest absolute Gasteiger partial charge is 0.454 e. The quantitative estimate of drug-likeness (QED) is 0.223. The maximum absolute atomic E-state index is 13.2. The van der Waals surface area contributed by atoms with Gasteiger partial charge >= 0.3 is 0 Å². The molecule has 0 spiro atoms. The molecule has 9 heteroatoms. The van der Waals surface area contributed by atoms with Gasteiger partial charge in [0.05, 0.1) is 11.3 Å². The van der Waals surface area contributed by atoms with Crippen LogP contribution in [0.5, 0.6) is 11.5 Å². The van der Waals surface area contributed by atoms with E-state index >= 15 is 0 Å². The highest BCUT2D eigenvalue weighted by atomic mass is 32.2. The number of carbonyl (C=O) groups is 1. The molecule has 0 saturated heterocycles. The van der Waals surface area contributed by atoms with Crippen LogP contribution in [0.1, 0.15) is 5.56 Å². The van der Waals surface area contributed by atoms with Crippen LogP contribution in [0.2, 0.25) is 0 Å². The summed E-state index contributed by atoms with van der Waals surface area (Å²) in [6.07, 6.45) is 1.66. The molecule has 172 valence electrons. The van der Waals surface area contributed by atoms with Crippen molar-refractivity contribution in [3.63, 3.8) is 0 Å². The number of amides is 1. The zero-order valence-corrected chi connectivity index (χ0v) is 19.8. The lowest BCUT2D eigenvalue weighted by Crippen LogP contribution is -2.26. The van der Waals surface area contributed by atoms with Crippen molar-refractivity contribution in [1.82, 2.24) is 14.9 Å². The number of nitrogens with one attached hydrogen (secondary N) is 1. The van der Waals surface area contributed by atoms with Gasteiger partial charge in [-0.15, -0.1) is 17.9 Å². The van der Waals surface area contributed by atoms with E-state index in [1.165, 1.54) is 23.1 Å². The summed E-state index contributed by atoms with van der Waals surface area (Å²) < 4.78 is 12.8. The van der Waals surface area contributed by atoms with Crippen molar-refractivity contribution in [1.29, 1.82) is 0 Å². The Morgan fingerprint density at radius 3 is 2.82 bits per heavy atom. The van der Waals surface area contributed by atoms with Crippen LogP contribution in [0, 0.1) is 0 Å². The summed E-state index contributed by atoms with van der Waals surface area (Å²) in [6.45, 7) is 4.66. The van der Waals surface area contributed by atoms with Gasteiger partial charge in [0.25, 0.3) is 5.56 Å². The Bertz CT molecular complexity index is 1430. The van der Waals surface area contributed by atoms with Crippen molar-refractivity contribution < 1.29 is 14.3 Å². The number of aromatic nitrogens is 2. The zero-order valence-electron chi connectivity index (χ0n) is 18.2. The third kappa shape index (κ3) is 4.57. The SMILES string of the molecule is C=CCn1c(SCC(=O)NCc2ccc3c(c2)OCO3)nc2cc(-c3ccccc3)sc2c1=O. The first-order chi connectivity index (χ1) is 16.6. The van der Waals surface area contributed by atoms with Gasteiger partial charge in [-0.3, -0.25) is 14.2 Å². The van der Waals surface area contributed by atoms with Crippen LogP contribution in [0.3, 0.4) is 0 Å². The van der Waals surface area contributed by atoms with Gasteiger partial charge in [0.15, 0.2) is 16.7 Å². The number of hydrogen-bond acceptors (Lipinski definition) is 7. The van der Waals surface area contributed by atoms with Crippen LogP contribution in [-0.4, -0.2) is 28.0 Å². The number of rotatable bonds is 8. The monoisotopic (exact) mass is 491 g/mol. The number of carbonyl (C=O) groups excluding carboxylic acids is 1. The van der Waals surface area contributed by atoms with Gasteiger partial charge in [0.2, 0.25) is 12.7 Å². The second-order valence-corrected chi connectivity index (χ2v) is 9.54. The van der Waals surface area contributed by atoms with Gasteiger partial charge in [-0.05, 0) is 29.3 Å². The molecule has 4 aromatic rings. The molecule has 0 unspecified atom stereocenters. The van der Waals surface area contributed by atoms with Crippen molar-refractivity contribution in [2.24, 2.45) is 0 Å². The van der Waals surface area contributed by atoms with Crippen LogP contribution in [0.15, 0.2) is 77.2 Å². The molecular weight excluding hydrogens is 470 g/mol. The molecule has 1 aliphatic heterocycles. The highest BCUT2D eigenvalue weighted by molar-refractivity contribution is 7.99. The first kappa shape index (κ1) is 22.2. The van der Waals surface area contributed by atoms with E-state index in [0.717, 1.165) is 16.0 Å². The Hall–Kier alpha value is -3.56. The number of nitrogens with zero attached hydrogens (tertiary/aromatic N) is 2.